The highest BCUT2D eigenvalue weighted by Crippen LogP contribution is 2.60. The summed E-state index contributed by atoms with van der Waals surface area (Å²) in [5.41, 5.74) is 0.726. The molecule has 1 unspecified atom stereocenters. The Balaban J connectivity index is 1.66. The molecule has 39 heavy (non-hydrogen) atoms. The summed E-state index contributed by atoms with van der Waals surface area (Å²) in [6, 6.07) is 12.7. The Bertz CT molecular complexity index is 1290. The topological polar surface area (TPSA) is 107 Å². The first-order chi connectivity index (χ1) is 18.7. The number of nitrogens with zero attached hydrogens (tertiary/aromatic N) is 2. The molecule has 0 radical (unpaired) electrons. The number of aliphatic hydroxyl groups excluding tert-OH is 1. The SMILES string of the molecule is C=CCN(C(=O)[C@H]1N([C@@H](CO)Cc2ccccc2)C(=O)[C@@H]2[C@@H](C(=O)O)[C@@H]3O[C@@]21CC3Br)c1c(C)cccc1Cl. The first-order valence-electron chi connectivity index (χ1n) is 12.8. The number of aliphatic carboxylic acids is 1. The van der Waals surface area contributed by atoms with Gasteiger partial charge in [0, 0.05) is 11.4 Å². The highest BCUT2D eigenvalue weighted by atomic mass is 79.9. The van der Waals surface area contributed by atoms with Gasteiger partial charge in [0.25, 0.3) is 5.91 Å². The van der Waals surface area contributed by atoms with Crippen molar-refractivity contribution < 1.29 is 29.3 Å². The lowest BCUT2D eigenvalue weighted by molar-refractivity contribution is -0.150. The number of para-hydroxylation sites is 1. The molecule has 3 heterocycles. The van der Waals surface area contributed by atoms with Gasteiger partial charge in [-0.2, -0.15) is 0 Å². The molecule has 10 heteroatoms. The summed E-state index contributed by atoms with van der Waals surface area (Å²) in [7, 11) is 0. The van der Waals surface area contributed by atoms with E-state index >= 15 is 0 Å². The van der Waals surface area contributed by atoms with Crippen molar-refractivity contribution in [2.75, 3.05) is 18.1 Å². The number of carbonyl (C=O) groups is 3. The predicted molar refractivity (Wildman–Crippen MR) is 150 cm³/mol. The second-order valence-electron chi connectivity index (χ2n) is 10.4. The maximum absolute atomic E-state index is 14.7. The Labute approximate surface area is 240 Å². The van der Waals surface area contributed by atoms with Crippen molar-refractivity contribution in [1.29, 1.82) is 0 Å². The van der Waals surface area contributed by atoms with E-state index in [0.29, 0.717) is 10.7 Å². The Hall–Kier alpha value is -2.72. The van der Waals surface area contributed by atoms with Crippen LogP contribution in [0.4, 0.5) is 5.69 Å². The van der Waals surface area contributed by atoms with Gasteiger partial charge in [-0.25, -0.2) is 0 Å². The molecule has 3 saturated heterocycles. The summed E-state index contributed by atoms with van der Waals surface area (Å²) in [5, 5.41) is 21.1. The number of aliphatic hydroxyl groups is 1. The molecule has 3 aliphatic heterocycles. The maximum atomic E-state index is 14.7. The molecule has 2 amide bonds. The van der Waals surface area contributed by atoms with E-state index in [1.165, 1.54) is 9.80 Å². The quantitative estimate of drug-likeness (QED) is 0.329. The zero-order valence-corrected chi connectivity index (χ0v) is 23.7. The van der Waals surface area contributed by atoms with Crippen LogP contribution in [0.3, 0.4) is 0 Å². The molecule has 1 spiro atoms. The van der Waals surface area contributed by atoms with Crippen LogP contribution in [-0.4, -0.2) is 74.7 Å². The Morgan fingerprint density at radius 2 is 2.00 bits per heavy atom. The zero-order valence-electron chi connectivity index (χ0n) is 21.4. The van der Waals surface area contributed by atoms with Crippen molar-refractivity contribution in [2.45, 2.75) is 48.4 Å². The van der Waals surface area contributed by atoms with E-state index in [0.717, 1.165) is 11.1 Å². The van der Waals surface area contributed by atoms with Gasteiger partial charge in [-0.05, 0) is 37.0 Å². The van der Waals surface area contributed by atoms with E-state index in [1.54, 1.807) is 18.2 Å². The summed E-state index contributed by atoms with van der Waals surface area (Å²) in [4.78, 5) is 43.8. The molecule has 3 fully saturated rings. The molecule has 7 atom stereocenters. The van der Waals surface area contributed by atoms with Crippen LogP contribution in [0.5, 0.6) is 0 Å². The number of fused-ring (bicyclic) bond motifs is 1. The molecule has 2 aromatic rings. The summed E-state index contributed by atoms with van der Waals surface area (Å²) >= 11 is 10.1. The van der Waals surface area contributed by atoms with Crippen molar-refractivity contribution >= 4 is 51.0 Å². The average molecular weight is 618 g/mol. The smallest absolute Gasteiger partial charge is 0.310 e. The van der Waals surface area contributed by atoms with Crippen molar-refractivity contribution in [2.24, 2.45) is 11.8 Å². The summed E-state index contributed by atoms with van der Waals surface area (Å²) in [6.45, 7) is 5.34. The normalized spacial score (nSPS) is 29.8. The van der Waals surface area contributed by atoms with Gasteiger partial charge in [-0.3, -0.25) is 14.4 Å². The number of hydrogen-bond acceptors (Lipinski definition) is 5. The van der Waals surface area contributed by atoms with Crippen LogP contribution >= 0.6 is 27.5 Å². The molecule has 2 aromatic carbocycles. The van der Waals surface area contributed by atoms with Gasteiger partial charge < -0.3 is 24.7 Å². The minimum absolute atomic E-state index is 0.106. The molecular formula is C29H30BrClN2O6. The average Bonchev–Trinajstić information content (AvgIpc) is 3.50. The lowest BCUT2D eigenvalue weighted by Gasteiger charge is -2.40. The Morgan fingerprint density at radius 1 is 1.28 bits per heavy atom. The number of hydrogen-bond donors (Lipinski definition) is 2. The number of anilines is 1. The van der Waals surface area contributed by atoms with E-state index in [1.807, 2.05) is 43.3 Å². The van der Waals surface area contributed by atoms with E-state index in [9.17, 15) is 24.6 Å². The first kappa shape index (κ1) is 27.8. The molecule has 3 aliphatic rings. The van der Waals surface area contributed by atoms with Crippen molar-refractivity contribution in [3.63, 3.8) is 0 Å². The number of carboxylic acids is 1. The fourth-order valence-corrected chi connectivity index (χ4v) is 7.96. The Morgan fingerprint density at radius 3 is 2.62 bits per heavy atom. The van der Waals surface area contributed by atoms with Gasteiger partial charge in [0.1, 0.15) is 11.6 Å². The monoisotopic (exact) mass is 616 g/mol. The standard InChI is InChI=1S/C29H30BrClN2O6/c1-3-12-32(23-16(2)8-7-11-20(23)31)27(36)25-29-14-19(30)24(39-29)21(28(37)38)22(29)26(35)33(25)18(15-34)13-17-9-5-4-6-10-17/h3-11,18-19,21-22,24-25,34H,1,12-15H2,2H3,(H,37,38)/t18-,19?,21-,22+,24-,25-,29+/m1/s1. The van der Waals surface area contributed by atoms with Gasteiger partial charge in [-0.1, -0.05) is 76.1 Å². The summed E-state index contributed by atoms with van der Waals surface area (Å²) < 4.78 is 6.40. The van der Waals surface area contributed by atoms with Crippen LogP contribution in [-0.2, 0) is 25.5 Å². The first-order valence-corrected chi connectivity index (χ1v) is 14.1. The molecular weight excluding hydrogens is 588 g/mol. The number of rotatable bonds is 9. The van der Waals surface area contributed by atoms with Crippen LogP contribution < -0.4 is 4.90 Å². The fourth-order valence-electron chi connectivity index (χ4n) is 6.69. The Kier molecular flexibility index (Phi) is 7.63. The van der Waals surface area contributed by atoms with Crippen LogP contribution in [0, 0.1) is 18.8 Å². The number of carboxylic acid groups (broad SMARTS) is 1. The number of aryl methyl sites for hydroxylation is 1. The molecule has 0 saturated carbocycles. The van der Waals surface area contributed by atoms with Gasteiger partial charge >= 0.3 is 5.97 Å². The highest BCUT2D eigenvalue weighted by Gasteiger charge is 2.77. The number of halogens is 2. The largest absolute Gasteiger partial charge is 0.481 e. The van der Waals surface area contributed by atoms with Gasteiger partial charge in [0.05, 0.1) is 41.3 Å². The van der Waals surface area contributed by atoms with E-state index in [4.69, 9.17) is 16.3 Å². The number of ether oxygens (including phenoxy) is 1. The molecule has 0 aliphatic carbocycles. The number of carbonyl (C=O) groups excluding carboxylic acids is 2. The van der Waals surface area contributed by atoms with Crippen molar-refractivity contribution in [3.05, 3.63) is 77.3 Å². The second kappa shape index (κ2) is 10.7. The molecule has 0 aromatic heterocycles. The fraction of sp³-hybridized carbons (Fsp3) is 0.414. The molecule has 2 N–H and O–H groups in total. The van der Waals surface area contributed by atoms with Crippen molar-refractivity contribution in [3.8, 4) is 0 Å². The van der Waals surface area contributed by atoms with Crippen LogP contribution in [0.25, 0.3) is 0 Å². The van der Waals surface area contributed by atoms with Crippen LogP contribution in [0.15, 0.2) is 61.2 Å². The summed E-state index contributed by atoms with van der Waals surface area (Å²) in [6.07, 6.45) is 1.37. The third-order valence-corrected chi connectivity index (χ3v) is 9.35. The lowest BCUT2D eigenvalue weighted by Crippen LogP contribution is -2.59. The van der Waals surface area contributed by atoms with Crippen LogP contribution in [0.1, 0.15) is 17.5 Å². The highest BCUT2D eigenvalue weighted by molar-refractivity contribution is 9.09. The number of likely N-dealkylation sites (tertiary alicyclic amines) is 1. The zero-order chi connectivity index (χ0) is 28.1. The number of alkyl halides is 1. The maximum Gasteiger partial charge on any atom is 0.310 e. The third kappa shape index (κ3) is 4.40. The molecule has 2 bridgehead atoms. The summed E-state index contributed by atoms with van der Waals surface area (Å²) in [5.74, 6) is -4.29. The third-order valence-electron chi connectivity index (χ3n) is 8.20. The van der Waals surface area contributed by atoms with E-state index in [-0.39, 0.29) is 24.2 Å². The van der Waals surface area contributed by atoms with E-state index < -0.39 is 60.0 Å². The van der Waals surface area contributed by atoms with Gasteiger partial charge in [0.15, 0.2) is 0 Å². The van der Waals surface area contributed by atoms with E-state index in [2.05, 4.69) is 22.5 Å². The van der Waals surface area contributed by atoms with Crippen LogP contribution in [0.2, 0.25) is 5.02 Å². The number of benzene rings is 2. The molecule has 8 nitrogen and oxygen atoms in total. The minimum atomic E-state index is -1.38. The van der Waals surface area contributed by atoms with Crippen molar-refractivity contribution in [1.82, 2.24) is 4.90 Å². The van der Waals surface area contributed by atoms with Gasteiger partial charge in [-0.15, -0.1) is 6.58 Å². The molecule has 206 valence electrons. The second-order valence-corrected chi connectivity index (χ2v) is 12.0. The minimum Gasteiger partial charge on any atom is -0.481 e. The lowest BCUT2D eigenvalue weighted by atomic mass is 9.70. The number of amides is 2. The predicted octanol–water partition coefficient (Wildman–Crippen LogP) is 3.60. The molecule has 5 rings (SSSR count). The van der Waals surface area contributed by atoms with Gasteiger partial charge in [0.2, 0.25) is 5.91 Å².